The number of carbonyl (C=O) groups excluding carboxylic acids is 1. The number of ether oxygens (including phenoxy) is 2. The first-order valence-corrected chi connectivity index (χ1v) is 10.4. The van der Waals surface area contributed by atoms with Crippen molar-refractivity contribution in [1.82, 2.24) is 14.5 Å². The van der Waals surface area contributed by atoms with Crippen LogP contribution in [0, 0.1) is 0 Å². The molecule has 0 saturated carbocycles. The van der Waals surface area contributed by atoms with Gasteiger partial charge in [0.25, 0.3) is 5.91 Å². The molecule has 0 aliphatic rings. The number of amides is 1. The Labute approximate surface area is 186 Å². The molecule has 4 aromatic rings. The van der Waals surface area contributed by atoms with Gasteiger partial charge in [-0.15, -0.1) is 0 Å². The van der Waals surface area contributed by atoms with Gasteiger partial charge in [0.1, 0.15) is 6.61 Å². The van der Waals surface area contributed by atoms with Gasteiger partial charge in [-0.25, -0.2) is 4.98 Å². The fraction of sp³-hybridized carbons (Fsp3) is 0.160. The van der Waals surface area contributed by atoms with E-state index in [0.29, 0.717) is 30.3 Å². The van der Waals surface area contributed by atoms with Gasteiger partial charge < -0.3 is 19.4 Å². The Balaban J connectivity index is 1.41. The molecule has 0 spiro atoms. The van der Waals surface area contributed by atoms with E-state index >= 15 is 0 Å². The number of hydrogen-bond donors (Lipinski definition) is 1. The largest absolute Gasteiger partial charge is 0.490 e. The maximum Gasteiger partial charge on any atom is 0.255 e. The third-order valence-electron chi connectivity index (χ3n) is 4.79. The summed E-state index contributed by atoms with van der Waals surface area (Å²) in [4.78, 5) is 20.8. The van der Waals surface area contributed by atoms with Gasteiger partial charge in [-0.2, -0.15) is 0 Å². The lowest BCUT2D eigenvalue weighted by Gasteiger charge is -2.14. The Hall–Kier alpha value is -4.13. The molecular weight excluding hydrogens is 404 g/mol. The van der Waals surface area contributed by atoms with E-state index in [9.17, 15) is 4.79 Å². The van der Waals surface area contributed by atoms with E-state index in [-0.39, 0.29) is 5.91 Å². The van der Waals surface area contributed by atoms with Gasteiger partial charge in [-0.1, -0.05) is 12.1 Å². The van der Waals surface area contributed by atoms with E-state index in [1.54, 1.807) is 43.1 Å². The van der Waals surface area contributed by atoms with Crippen molar-refractivity contribution in [3.8, 4) is 11.5 Å². The first-order valence-electron chi connectivity index (χ1n) is 10.4. The van der Waals surface area contributed by atoms with Gasteiger partial charge in [-0.05, 0) is 60.5 Å². The number of aromatic nitrogens is 3. The molecule has 4 rings (SSSR count). The quantitative estimate of drug-likeness (QED) is 0.423. The summed E-state index contributed by atoms with van der Waals surface area (Å²) in [6, 6.07) is 16.7. The van der Waals surface area contributed by atoms with Crippen molar-refractivity contribution in [3.63, 3.8) is 0 Å². The van der Waals surface area contributed by atoms with E-state index in [0.717, 1.165) is 23.4 Å². The second-order valence-electron chi connectivity index (χ2n) is 7.12. The lowest BCUT2D eigenvalue weighted by molar-refractivity contribution is 0.102. The minimum absolute atomic E-state index is 0.214. The number of nitrogens with one attached hydrogen (secondary N) is 1. The predicted molar refractivity (Wildman–Crippen MR) is 122 cm³/mol. The number of nitrogens with zero attached hydrogens (tertiary/aromatic N) is 3. The number of carbonyl (C=O) groups is 1. The molecule has 0 saturated heterocycles. The highest BCUT2D eigenvalue weighted by Gasteiger charge is 2.12. The molecule has 32 heavy (non-hydrogen) atoms. The highest BCUT2D eigenvalue weighted by atomic mass is 16.5. The summed E-state index contributed by atoms with van der Waals surface area (Å²) in [5, 5.41) is 2.93. The summed E-state index contributed by atoms with van der Waals surface area (Å²) in [5.41, 5.74) is 3.34. The third-order valence-corrected chi connectivity index (χ3v) is 4.79. The summed E-state index contributed by atoms with van der Waals surface area (Å²) in [7, 11) is 0. The average molecular weight is 428 g/mol. The van der Waals surface area contributed by atoms with Gasteiger partial charge in [-0.3, -0.25) is 9.78 Å². The predicted octanol–water partition coefficient (Wildman–Crippen LogP) is 4.56. The van der Waals surface area contributed by atoms with Gasteiger partial charge in [0.15, 0.2) is 11.5 Å². The Morgan fingerprint density at radius 3 is 2.44 bits per heavy atom. The van der Waals surface area contributed by atoms with Crippen molar-refractivity contribution < 1.29 is 14.3 Å². The van der Waals surface area contributed by atoms with Crippen molar-refractivity contribution in [1.29, 1.82) is 0 Å². The molecule has 2 aromatic heterocycles. The van der Waals surface area contributed by atoms with Crippen LogP contribution < -0.4 is 14.8 Å². The fourth-order valence-corrected chi connectivity index (χ4v) is 3.16. The molecule has 2 aromatic carbocycles. The van der Waals surface area contributed by atoms with Crippen LogP contribution in [0.5, 0.6) is 11.5 Å². The Kier molecular flexibility index (Phi) is 6.77. The van der Waals surface area contributed by atoms with Crippen LogP contribution >= 0.6 is 0 Å². The number of pyridine rings is 1. The summed E-state index contributed by atoms with van der Waals surface area (Å²) < 4.78 is 13.6. The molecule has 0 bridgehead atoms. The Morgan fingerprint density at radius 1 is 0.906 bits per heavy atom. The zero-order chi connectivity index (χ0) is 22.2. The van der Waals surface area contributed by atoms with Gasteiger partial charge in [0, 0.05) is 42.6 Å². The van der Waals surface area contributed by atoms with E-state index in [4.69, 9.17) is 9.47 Å². The van der Waals surface area contributed by atoms with Gasteiger partial charge >= 0.3 is 0 Å². The highest BCUT2D eigenvalue weighted by molar-refractivity contribution is 6.04. The average Bonchev–Trinajstić information content (AvgIpc) is 3.33. The molecule has 0 aliphatic carbocycles. The van der Waals surface area contributed by atoms with Crippen LogP contribution in [0.15, 0.2) is 85.7 Å². The van der Waals surface area contributed by atoms with E-state index in [1.165, 1.54) is 0 Å². The van der Waals surface area contributed by atoms with Crippen molar-refractivity contribution in [3.05, 3.63) is 102 Å². The minimum Gasteiger partial charge on any atom is -0.490 e. The number of imidazole rings is 1. The lowest BCUT2D eigenvalue weighted by atomic mass is 10.1. The van der Waals surface area contributed by atoms with Gasteiger partial charge in [0.05, 0.1) is 12.9 Å². The molecule has 7 heteroatoms. The van der Waals surface area contributed by atoms with Crippen molar-refractivity contribution in [2.75, 3.05) is 11.9 Å². The van der Waals surface area contributed by atoms with Crippen LogP contribution in [0.2, 0.25) is 0 Å². The summed E-state index contributed by atoms with van der Waals surface area (Å²) in [5.74, 6) is 0.906. The summed E-state index contributed by atoms with van der Waals surface area (Å²) in [6.07, 6.45) is 8.88. The summed E-state index contributed by atoms with van der Waals surface area (Å²) >= 11 is 0. The standard InChI is InChI=1S/C25H24N4O3/c1-2-31-24-15-21(5-8-23(24)32-17-20-9-11-26-12-10-20)25(30)28-22-6-3-19(4-7-22)16-29-14-13-27-18-29/h3-15,18H,2,16-17H2,1H3,(H,28,30). The molecule has 2 heterocycles. The second-order valence-corrected chi connectivity index (χ2v) is 7.12. The zero-order valence-corrected chi connectivity index (χ0v) is 17.8. The second kappa shape index (κ2) is 10.3. The Morgan fingerprint density at radius 2 is 1.72 bits per heavy atom. The number of anilines is 1. The van der Waals surface area contributed by atoms with E-state index < -0.39 is 0 Å². The Bertz CT molecular complexity index is 1140. The topological polar surface area (TPSA) is 78.3 Å². The molecule has 7 nitrogen and oxygen atoms in total. The molecule has 1 N–H and O–H groups in total. The van der Waals surface area contributed by atoms with Crippen LogP contribution in [0.1, 0.15) is 28.4 Å². The third kappa shape index (κ3) is 5.51. The van der Waals surface area contributed by atoms with Crippen molar-refractivity contribution in [2.24, 2.45) is 0 Å². The molecule has 0 radical (unpaired) electrons. The number of benzene rings is 2. The smallest absolute Gasteiger partial charge is 0.255 e. The van der Waals surface area contributed by atoms with Crippen molar-refractivity contribution in [2.45, 2.75) is 20.1 Å². The van der Waals surface area contributed by atoms with Gasteiger partial charge in [0.2, 0.25) is 0 Å². The molecule has 0 unspecified atom stereocenters. The first-order chi connectivity index (χ1) is 15.7. The zero-order valence-electron chi connectivity index (χ0n) is 17.8. The monoisotopic (exact) mass is 428 g/mol. The van der Waals surface area contributed by atoms with Crippen LogP contribution in [-0.2, 0) is 13.2 Å². The molecular formula is C25H24N4O3. The van der Waals surface area contributed by atoms with E-state index in [2.05, 4.69) is 15.3 Å². The van der Waals surface area contributed by atoms with Crippen LogP contribution in [0.4, 0.5) is 5.69 Å². The minimum atomic E-state index is -0.214. The lowest BCUT2D eigenvalue weighted by Crippen LogP contribution is -2.12. The maximum absolute atomic E-state index is 12.8. The molecule has 0 aliphatic heterocycles. The normalized spacial score (nSPS) is 10.5. The summed E-state index contributed by atoms with van der Waals surface area (Å²) in [6.45, 7) is 3.48. The highest BCUT2D eigenvalue weighted by Crippen LogP contribution is 2.29. The van der Waals surface area contributed by atoms with Crippen LogP contribution in [0.3, 0.4) is 0 Å². The molecule has 1 amide bonds. The molecule has 162 valence electrons. The van der Waals surface area contributed by atoms with Crippen LogP contribution in [0.25, 0.3) is 0 Å². The SMILES string of the molecule is CCOc1cc(C(=O)Nc2ccc(Cn3ccnc3)cc2)ccc1OCc1ccncc1. The maximum atomic E-state index is 12.8. The molecule has 0 fully saturated rings. The number of hydrogen-bond acceptors (Lipinski definition) is 5. The fourth-order valence-electron chi connectivity index (χ4n) is 3.16. The molecule has 0 atom stereocenters. The van der Waals surface area contributed by atoms with E-state index in [1.807, 2.05) is 54.1 Å². The number of rotatable bonds is 9. The van der Waals surface area contributed by atoms with Crippen molar-refractivity contribution >= 4 is 11.6 Å². The first kappa shape index (κ1) is 21.1. The van der Waals surface area contributed by atoms with Crippen LogP contribution in [-0.4, -0.2) is 27.0 Å².